The minimum Gasteiger partial charge on any atom is -0.496 e. The van der Waals surface area contributed by atoms with Crippen LogP contribution >= 0.6 is 0 Å². The molecule has 3 rings (SSSR count). The fraction of sp³-hybridized carbons (Fsp3) is 0.474. The van der Waals surface area contributed by atoms with Crippen LogP contribution in [0.15, 0.2) is 18.2 Å². The second-order valence-corrected chi connectivity index (χ2v) is 6.67. The van der Waals surface area contributed by atoms with E-state index in [0.29, 0.717) is 18.8 Å². The first-order valence-electron chi connectivity index (χ1n) is 9.06. The zero-order valence-corrected chi connectivity index (χ0v) is 16.0. The molecule has 1 aromatic heterocycles. The Morgan fingerprint density at radius 2 is 2.11 bits per heavy atom. The lowest BCUT2D eigenvalue weighted by Gasteiger charge is -2.21. The first-order valence-corrected chi connectivity index (χ1v) is 9.06. The standard InChI is InChI=1S/C19H24F2N4O3/c1-27-12-18(26)22-9-13-8-14-10-24(6-3-7-25(14)23-13)11-15-17(28-2)5-4-16(20)19(15)21/h4-5,8H,3,6-7,9-12H2,1-2H3,(H,22,26). The Hall–Kier alpha value is -2.52. The maximum Gasteiger partial charge on any atom is 0.246 e. The number of amides is 1. The average Bonchev–Trinajstić information content (AvgIpc) is 2.96. The molecule has 1 amide bonds. The number of halogens is 2. The van der Waals surface area contributed by atoms with Crippen molar-refractivity contribution in [3.8, 4) is 5.75 Å². The normalized spacial score (nSPS) is 14.4. The number of nitrogens with one attached hydrogen (secondary N) is 1. The lowest BCUT2D eigenvalue weighted by Crippen LogP contribution is -2.26. The highest BCUT2D eigenvalue weighted by Crippen LogP contribution is 2.26. The predicted molar refractivity (Wildman–Crippen MR) is 97.6 cm³/mol. The molecule has 0 unspecified atom stereocenters. The zero-order valence-electron chi connectivity index (χ0n) is 16.0. The van der Waals surface area contributed by atoms with Crippen molar-refractivity contribution in [2.45, 2.75) is 32.6 Å². The summed E-state index contributed by atoms with van der Waals surface area (Å²) in [5.41, 5.74) is 1.92. The topological polar surface area (TPSA) is 68.6 Å². The molecule has 9 heteroatoms. The van der Waals surface area contributed by atoms with Crippen LogP contribution in [0.4, 0.5) is 8.78 Å². The summed E-state index contributed by atoms with van der Waals surface area (Å²) in [5, 5.41) is 7.27. The van der Waals surface area contributed by atoms with Gasteiger partial charge in [-0.1, -0.05) is 0 Å². The Balaban J connectivity index is 1.71. The van der Waals surface area contributed by atoms with E-state index in [2.05, 4.69) is 10.4 Å². The Labute approximate surface area is 162 Å². The van der Waals surface area contributed by atoms with E-state index in [1.807, 2.05) is 15.6 Å². The van der Waals surface area contributed by atoms with Crippen LogP contribution in [0, 0.1) is 11.6 Å². The monoisotopic (exact) mass is 394 g/mol. The van der Waals surface area contributed by atoms with Gasteiger partial charge in [0.1, 0.15) is 12.4 Å². The summed E-state index contributed by atoms with van der Waals surface area (Å²) in [4.78, 5) is 13.6. The van der Waals surface area contributed by atoms with E-state index in [1.54, 1.807) is 0 Å². The van der Waals surface area contributed by atoms with Crippen molar-refractivity contribution in [1.82, 2.24) is 20.0 Å². The van der Waals surface area contributed by atoms with Gasteiger partial charge in [0.2, 0.25) is 5.91 Å². The first-order chi connectivity index (χ1) is 13.5. The van der Waals surface area contributed by atoms with Crippen molar-refractivity contribution in [2.24, 2.45) is 0 Å². The summed E-state index contributed by atoms with van der Waals surface area (Å²) in [7, 11) is 2.90. The quantitative estimate of drug-likeness (QED) is 0.776. The highest BCUT2D eigenvalue weighted by molar-refractivity contribution is 5.77. The molecule has 0 bridgehead atoms. The van der Waals surface area contributed by atoms with Crippen LogP contribution in [-0.2, 0) is 35.7 Å². The number of aromatic nitrogens is 2. The molecule has 1 aromatic carbocycles. The first kappa shape index (κ1) is 20.2. The van der Waals surface area contributed by atoms with Crippen molar-refractivity contribution in [2.75, 3.05) is 27.4 Å². The third kappa shape index (κ3) is 4.66. The van der Waals surface area contributed by atoms with Crippen molar-refractivity contribution in [3.63, 3.8) is 0 Å². The largest absolute Gasteiger partial charge is 0.496 e. The molecule has 2 heterocycles. The van der Waals surface area contributed by atoms with E-state index in [1.165, 1.54) is 20.3 Å². The smallest absolute Gasteiger partial charge is 0.246 e. The lowest BCUT2D eigenvalue weighted by atomic mass is 10.1. The molecule has 0 saturated heterocycles. The van der Waals surface area contributed by atoms with E-state index >= 15 is 0 Å². The van der Waals surface area contributed by atoms with E-state index in [9.17, 15) is 13.6 Å². The zero-order chi connectivity index (χ0) is 20.1. The van der Waals surface area contributed by atoms with Gasteiger partial charge in [-0.15, -0.1) is 0 Å². The summed E-state index contributed by atoms with van der Waals surface area (Å²) < 4.78 is 39.9. The van der Waals surface area contributed by atoms with Gasteiger partial charge >= 0.3 is 0 Å². The summed E-state index contributed by atoms with van der Waals surface area (Å²) in [6, 6.07) is 4.43. The fourth-order valence-electron chi connectivity index (χ4n) is 3.32. The minimum atomic E-state index is -0.884. The van der Waals surface area contributed by atoms with E-state index in [0.717, 1.165) is 37.0 Å². The number of rotatable bonds is 7. The number of carbonyl (C=O) groups is 1. The number of carbonyl (C=O) groups excluding carboxylic acids is 1. The predicted octanol–water partition coefficient (Wildman–Crippen LogP) is 1.84. The van der Waals surface area contributed by atoms with Gasteiger partial charge < -0.3 is 14.8 Å². The molecule has 0 spiro atoms. The van der Waals surface area contributed by atoms with Gasteiger partial charge in [0.15, 0.2) is 11.6 Å². The number of aryl methyl sites for hydroxylation is 1. The van der Waals surface area contributed by atoms with Crippen LogP contribution in [-0.4, -0.2) is 48.0 Å². The second kappa shape index (κ2) is 9.11. The molecule has 0 radical (unpaired) electrons. The van der Waals surface area contributed by atoms with Gasteiger partial charge in [-0.25, -0.2) is 8.78 Å². The number of ether oxygens (including phenoxy) is 2. The molecule has 7 nitrogen and oxygen atoms in total. The number of benzene rings is 1. The van der Waals surface area contributed by atoms with Gasteiger partial charge in [-0.2, -0.15) is 5.10 Å². The van der Waals surface area contributed by atoms with Gasteiger partial charge in [-0.05, 0) is 24.6 Å². The van der Waals surface area contributed by atoms with Crippen molar-refractivity contribution in [1.29, 1.82) is 0 Å². The van der Waals surface area contributed by atoms with Gasteiger partial charge in [-0.3, -0.25) is 14.4 Å². The number of nitrogens with zero attached hydrogens (tertiary/aromatic N) is 3. The number of fused-ring (bicyclic) bond motifs is 1. The maximum atomic E-state index is 14.3. The highest BCUT2D eigenvalue weighted by Gasteiger charge is 2.21. The summed E-state index contributed by atoms with van der Waals surface area (Å²) in [6.45, 7) is 2.54. The Kier molecular flexibility index (Phi) is 6.58. The van der Waals surface area contributed by atoms with Crippen LogP contribution in [0.2, 0.25) is 0 Å². The molecule has 0 aliphatic carbocycles. The van der Waals surface area contributed by atoms with Gasteiger partial charge in [0, 0.05) is 38.9 Å². The third-order valence-corrected chi connectivity index (χ3v) is 4.64. The maximum absolute atomic E-state index is 14.3. The highest BCUT2D eigenvalue weighted by atomic mass is 19.2. The van der Waals surface area contributed by atoms with Crippen LogP contribution in [0.1, 0.15) is 23.4 Å². The number of hydrogen-bond donors (Lipinski definition) is 1. The molecule has 152 valence electrons. The Bertz CT molecular complexity index is 841. The molecule has 28 heavy (non-hydrogen) atoms. The number of methoxy groups -OCH3 is 2. The molecule has 1 aliphatic heterocycles. The van der Waals surface area contributed by atoms with Gasteiger partial charge in [0.25, 0.3) is 0 Å². The molecule has 0 fully saturated rings. The molecule has 1 aliphatic rings. The van der Waals surface area contributed by atoms with Crippen molar-refractivity contribution >= 4 is 5.91 Å². The summed E-state index contributed by atoms with van der Waals surface area (Å²) in [5.74, 6) is -1.64. The Morgan fingerprint density at radius 1 is 1.29 bits per heavy atom. The van der Waals surface area contributed by atoms with Crippen LogP contribution in [0.3, 0.4) is 0 Å². The van der Waals surface area contributed by atoms with Gasteiger partial charge in [0.05, 0.1) is 25.0 Å². The molecule has 0 saturated carbocycles. The van der Waals surface area contributed by atoms with Crippen molar-refractivity contribution in [3.05, 3.63) is 46.8 Å². The Morgan fingerprint density at radius 3 is 2.86 bits per heavy atom. The van der Waals surface area contributed by atoms with Crippen LogP contribution in [0.25, 0.3) is 0 Å². The minimum absolute atomic E-state index is 0.00236. The SMILES string of the molecule is COCC(=O)NCc1cc2n(n1)CCCN(Cc1c(OC)ccc(F)c1F)C2. The van der Waals surface area contributed by atoms with Crippen molar-refractivity contribution < 1.29 is 23.0 Å². The molecule has 0 atom stereocenters. The summed E-state index contributed by atoms with van der Waals surface area (Å²) in [6.07, 6.45) is 0.823. The molecular weight excluding hydrogens is 370 g/mol. The average molecular weight is 394 g/mol. The molecular formula is C19H24F2N4O3. The molecule has 1 N–H and O–H groups in total. The fourth-order valence-corrected chi connectivity index (χ4v) is 3.32. The lowest BCUT2D eigenvalue weighted by molar-refractivity contribution is -0.124. The van der Waals surface area contributed by atoms with Crippen LogP contribution in [0.5, 0.6) is 5.75 Å². The van der Waals surface area contributed by atoms with Crippen LogP contribution < -0.4 is 10.1 Å². The third-order valence-electron chi connectivity index (χ3n) is 4.64. The molecule has 2 aromatic rings. The summed E-state index contributed by atoms with van der Waals surface area (Å²) >= 11 is 0. The van der Waals surface area contributed by atoms with E-state index < -0.39 is 11.6 Å². The second-order valence-electron chi connectivity index (χ2n) is 6.67. The number of hydrogen-bond acceptors (Lipinski definition) is 5. The van der Waals surface area contributed by atoms with E-state index in [4.69, 9.17) is 9.47 Å². The van der Waals surface area contributed by atoms with E-state index in [-0.39, 0.29) is 24.6 Å².